The molecule has 69 heavy (non-hydrogen) atoms. The van der Waals surface area contributed by atoms with Gasteiger partial charge in [-0.15, -0.1) is 0 Å². The number of benzene rings is 5. The summed E-state index contributed by atoms with van der Waals surface area (Å²) in [7, 11) is 0.834. The van der Waals surface area contributed by atoms with Crippen molar-refractivity contribution in [3.05, 3.63) is 163 Å². The van der Waals surface area contributed by atoms with E-state index >= 15 is 0 Å². The Bertz CT molecular complexity index is 2760. The van der Waals surface area contributed by atoms with Crippen LogP contribution in [0.4, 0.5) is 11.8 Å². The number of ether oxygens (including phenoxy) is 6. The van der Waals surface area contributed by atoms with E-state index in [4.69, 9.17) is 42.8 Å². The summed E-state index contributed by atoms with van der Waals surface area (Å²) < 4.78 is 46.0. The predicted molar refractivity (Wildman–Crippen MR) is 265 cm³/mol. The fraction of sp³-hybridized carbons (Fsp3) is 0.302. The summed E-state index contributed by atoms with van der Waals surface area (Å²) in [6.45, 7) is 10.5. The monoisotopic (exact) mass is 950 g/mol. The van der Waals surface area contributed by atoms with Crippen LogP contribution < -0.4 is 29.6 Å². The van der Waals surface area contributed by atoms with Crippen molar-refractivity contribution in [2.75, 3.05) is 44.7 Å². The first-order chi connectivity index (χ1) is 33.3. The van der Waals surface area contributed by atoms with Crippen LogP contribution in [0.15, 0.2) is 146 Å². The van der Waals surface area contributed by atoms with Crippen LogP contribution in [0.5, 0.6) is 23.0 Å². The lowest BCUT2D eigenvalue weighted by atomic mass is 9.80. The number of nitrogens with one attached hydrogen (secondary N) is 2. The molecule has 5 aromatic carbocycles. The molecule has 0 radical (unpaired) electrons. The fourth-order valence-electron chi connectivity index (χ4n) is 7.93. The highest BCUT2D eigenvalue weighted by molar-refractivity contribution is 6.74. The van der Waals surface area contributed by atoms with Gasteiger partial charge in [0.15, 0.2) is 44.7 Å². The number of para-hydroxylation sites is 2. The van der Waals surface area contributed by atoms with Gasteiger partial charge in [-0.1, -0.05) is 112 Å². The van der Waals surface area contributed by atoms with Crippen molar-refractivity contribution >= 4 is 43.1 Å². The van der Waals surface area contributed by atoms with Gasteiger partial charge in [-0.3, -0.25) is 19.5 Å². The van der Waals surface area contributed by atoms with Crippen LogP contribution in [0.25, 0.3) is 11.2 Å². The average molecular weight is 951 g/mol. The number of amides is 2. The number of hydrogen-bond donors (Lipinski definition) is 2. The number of carbonyl (C=O) groups is 2. The lowest BCUT2D eigenvalue weighted by Gasteiger charge is -2.39. The summed E-state index contributed by atoms with van der Waals surface area (Å²) >= 11 is 0. The summed E-state index contributed by atoms with van der Waals surface area (Å²) in [6, 6.07) is 43.9. The maximum absolute atomic E-state index is 13.5. The van der Waals surface area contributed by atoms with E-state index in [2.05, 4.69) is 61.6 Å². The third kappa shape index (κ3) is 11.1. The molecule has 1 fully saturated rings. The first kappa shape index (κ1) is 48.3. The SMILES string of the molecule is COc1ccc(C(OC[C@H]2C[C@@H](O[Si](C)(C)C(C)(C)C)[C@H](n3cnc4c(NC(=O)COc5ccccc5)nc(NC(=O)COc5ccccc5)nc43)O2)(c2ccccc2)c2ccc(OC)cc2)cc1. The number of nitrogens with zero attached hydrogens (tertiary/aromatic N) is 4. The average Bonchev–Trinajstić information content (AvgIpc) is 3.97. The van der Waals surface area contributed by atoms with E-state index < -0.39 is 44.2 Å². The van der Waals surface area contributed by atoms with Gasteiger partial charge < -0.3 is 38.2 Å². The second kappa shape index (κ2) is 21.0. The normalized spacial score (nSPS) is 16.2. The molecule has 7 aromatic rings. The van der Waals surface area contributed by atoms with E-state index in [1.807, 2.05) is 103 Å². The van der Waals surface area contributed by atoms with Crippen LogP contribution in [0.2, 0.25) is 18.1 Å². The zero-order valence-corrected chi connectivity index (χ0v) is 40.9. The molecule has 1 aliphatic rings. The van der Waals surface area contributed by atoms with Crippen LogP contribution >= 0.6 is 0 Å². The van der Waals surface area contributed by atoms with Gasteiger partial charge >= 0.3 is 0 Å². The lowest BCUT2D eigenvalue weighted by Crippen LogP contribution is -2.45. The van der Waals surface area contributed by atoms with Gasteiger partial charge in [0.05, 0.1) is 39.4 Å². The number of fused-ring (bicyclic) bond motifs is 1. The molecule has 358 valence electrons. The molecular formula is C53H58N6O9Si. The molecular weight excluding hydrogens is 893 g/mol. The van der Waals surface area contributed by atoms with E-state index in [9.17, 15) is 9.59 Å². The van der Waals surface area contributed by atoms with E-state index in [0.717, 1.165) is 16.7 Å². The molecule has 1 aliphatic heterocycles. The van der Waals surface area contributed by atoms with Crippen LogP contribution in [0.3, 0.4) is 0 Å². The molecule has 3 atom stereocenters. The zero-order valence-electron chi connectivity index (χ0n) is 39.9. The number of carbonyl (C=O) groups excluding carboxylic acids is 2. The number of anilines is 2. The smallest absolute Gasteiger partial charge is 0.264 e. The van der Waals surface area contributed by atoms with E-state index in [1.54, 1.807) is 49.4 Å². The Kier molecular flexibility index (Phi) is 14.7. The van der Waals surface area contributed by atoms with Crippen LogP contribution in [0, 0.1) is 0 Å². The molecule has 16 heteroatoms. The van der Waals surface area contributed by atoms with Crippen LogP contribution in [-0.4, -0.2) is 85.9 Å². The highest BCUT2D eigenvalue weighted by Crippen LogP contribution is 2.45. The van der Waals surface area contributed by atoms with Crippen LogP contribution in [0.1, 0.15) is 50.1 Å². The topological polar surface area (TPSA) is 166 Å². The van der Waals surface area contributed by atoms with Gasteiger partial charge in [0.25, 0.3) is 11.8 Å². The lowest BCUT2D eigenvalue weighted by molar-refractivity contribution is -0.118. The molecule has 3 heterocycles. The van der Waals surface area contributed by atoms with Gasteiger partial charge in [-0.25, -0.2) is 4.98 Å². The Balaban J connectivity index is 1.16. The van der Waals surface area contributed by atoms with Gasteiger partial charge in [0, 0.05) is 6.42 Å². The minimum absolute atomic E-state index is 0.0612. The van der Waals surface area contributed by atoms with Crippen molar-refractivity contribution in [3.63, 3.8) is 0 Å². The zero-order chi connectivity index (χ0) is 48.6. The number of rotatable bonds is 19. The number of imidazole rings is 1. The first-order valence-corrected chi connectivity index (χ1v) is 25.7. The van der Waals surface area contributed by atoms with Crippen molar-refractivity contribution in [1.29, 1.82) is 0 Å². The molecule has 0 saturated carbocycles. The highest BCUT2D eigenvalue weighted by Gasteiger charge is 2.47. The molecule has 0 unspecified atom stereocenters. The third-order valence-corrected chi connectivity index (χ3v) is 17.0. The molecule has 0 spiro atoms. The van der Waals surface area contributed by atoms with Gasteiger partial charge in [0.2, 0.25) is 5.95 Å². The Labute approximate surface area is 403 Å². The molecule has 0 bridgehead atoms. The predicted octanol–water partition coefficient (Wildman–Crippen LogP) is 9.57. The minimum Gasteiger partial charge on any atom is -0.497 e. The van der Waals surface area contributed by atoms with E-state index in [1.165, 1.54) is 0 Å². The number of hydrogen-bond acceptors (Lipinski definition) is 12. The van der Waals surface area contributed by atoms with Crippen molar-refractivity contribution in [2.24, 2.45) is 0 Å². The van der Waals surface area contributed by atoms with Gasteiger partial charge in [-0.05, 0) is 83.4 Å². The summed E-state index contributed by atoms with van der Waals surface area (Å²) in [5.41, 5.74) is 2.13. The summed E-state index contributed by atoms with van der Waals surface area (Å²) in [5, 5.41) is 5.44. The molecule has 8 rings (SSSR count). The standard InChI is InChI=1S/C53H58N6O9Si/c1-52(2,3)69(6,7)68-44-31-43(32-66-53(36-17-11-8-12-18-36,37-23-27-39(62-4)28-24-37)38-25-29-40(63-5)30-26-38)67-50(44)59-35-54-47-48(55-45(60)33-64-41-19-13-9-14-20-41)57-51(58-49(47)59)56-46(61)34-65-42-21-15-10-16-22-42/h8-30,35,43-44,50H,31-34H2,1-7H3,(H2,55,56,57,58,60,61)/t43-,44-,50-/m1/s1. The second-order valence-corrected chi connectivity index (χ2v) is 22.9. The fourth-order valence-corrected chi connectivity index (χ4v) is 9.25. The van der Waals surface area contributed by atoms with Crippen molar-refractivity contribution < 1.29 is 42.4 Å². The highest BCUT2D eigenvalue weighted by atomic mass is 28.4. The van der Waals surface area contributed by atoms with E-state index in [0.29, 0.717) is 29.4 Å². The molecule has 1 saturated heterocycles. The van der Waals surface area contributed by atoms with E-state index in [-0.39, 0.29) is 47.8 Å². The summed E-state index contributed by atoms with van der Waals surface area (Å²) in [5.74, 6) is 1.43. The third-order valence-electron chi connectivity index (χ3n) is 12.5. The Hall–Kier alpha value is -7.11. The maximum atomic E-state index is 13.5. The summed E-state index contributed by atoms with van der Waals surface area (Å²) in [4.78, 5) is 40.9. The van der Waals surface area contributed by atoms with Gasteiger partial charge in [0.1, 0.15) is 28.6 Å². The van der Waals surface area contributed by atoms with Crippen molar-refractivity contribution in [3.8, 4) is 23.0 Å². The molecule has 2 amide bonds. The first-order valence-electron chi connectivity index (χ1n) is 22.8. The Morgan fingerprint density at radius 2 is 1.19 bits per heavy atom. The van der Waals surface area contributed by atoms with Crippen LogP contribution in [-0.2, 0) is 29.1 Å². The summed E-state index contributed by atoms with van der Waals surface area (Å²) in [6.07, 6.45) is 0.301. The minimum atomic E-state index is -2.45. The molecule has 15 nitrogen and oxygen atoms in total. The molecule has 2 N–H and O–H groups in total. The molecule has 2 aromatic heterocycles. The quantitative estimate of drug-likeness (QED) is 0.0583. The Morgan fingerprint density at radius 3 is 1.71 bits per heavy atom. The number of aromatic nitrogens is 4. The Morgan fingerprint density at radius 1 is 0.681 bits per heavy atom. The van der Waals surface area contributed by atoms with Crippen molar-refractivity contribution in [1.82, 2.24) is 19.5 Å². The second-order valence-electron chi connectivity index (χ2n) is 18.1. The van der Waals surface area contributed by atoms with Crippen molar-refractivity contribution in [2.45, 2.75) is 69.4 Å². The number of methoxy groups -OCH3 is 2. The molecule has 0 aliphatic carbocycles. The maximum Gasteiger partial charge on any atom is 0.264 e. The van der Waals surface area contributed by atoms with Gasteiger partial charge in [-0.2, -0.15) is 9.97 Å². The largest absolute Gasteiger partial charge is 0.497 e.